The number of piperazine rings is 1. The Morgan fingerprint density at radius 1 is 1.27 bits per heavy atom. The Morgan fingerprint density at radius 2 is 2.00 bits per heavy atom. The van der Waals surface area contributed by atoms with Crippen LogP contribution in [-0.2, 0) is 16.3 Å². The lowest BCUT2D eigenvalue weighted by atomic mass is 10.2. The maximum Gasteiger partial charge on any atom is 0.289 e. The highest BCUT2D eigenvalue weighted by Gasteiger charge is 2.34. The third kappa shape index (κ3) is 3.20. The molecule has 0 radical (unpaired) electrons. The quantitative estimate of drug-likeness (QED) is 0.821. The summed E-state index contributed by atoms with van der Waals surface area (Å²) in [7, 11) is -2.86. The van der Waals surface area contributed by atoms with E-state index in [1.807, 2.05) is 13.0 Å². The Morgan fingerprint density at radius 3 is 2.55 bits per heavy atom. The Balaban J connectivity index is 1.56. The van der Waals surface area contributed by atoms with Crippen molar-refractivity contribution in [1.29, 1.82) is 0 Å². The number of hydrogen-bond acceptors (Lipinski definition) is 5. The van der Waals surface area contributed by atoms with Gasteiger partial charge in [0, 0.05) is 38.6 Å². The average Bonchev–Trinajstić information content (AvgIpc) is 3.13. The minimum Gasteiger partial charge on any atom is -0.456 e. The van der Waals surface area contributed by atoms with Crippen molar-refractivity contribution >= 4 is 15.7 Å². The lowest BCUT2D eigenvalue weighted by Gasteiger charge is -2.37. The molecular formula is C15H22N2O4S. The van der Waals surface area contributed by atoms with E-state index >= 15 is 0 Å². The van der Waals surface area contributed by atoms with Gasteiger partial charge >= 0.3 is 0 Å². The lowest BCUT2D eigenvalue weighted by molar-refractivity contribution is 0.0557. The minimum absolute atomic E-state index is 0.0709. The summed E-state index contributed by atoms with van der Waals surface area (Å²) in [5.41, 5.74) is 0. The van der Waals surface area contributed by atoms with Crippen molar-refractivity contribution in [2.45, 2.75) is 25.8 Å². The van der Waals surface area contributed by atoms with Crippen LogP contribution in [-0.4, -0.2) is 67.9 Å². The van der Waals surface area contributed by atoms with Crippen LogP contribution in [0, 0.1) is 0 Å². The smallest absolute Gasteiger partial charge is 0.289 e. The van der Waals surface area contributed by atoms with E-state index in [0.717, 1.165) is 25.3 Å². The zero-order valence-corrected chi connectivity index (χ0v) is 13.6. The maximum absolute atomic E-state index is 12.4. The van der Waals surface area contributed by atoms with Crippen molar-refractivity contribution in [2.24, 2.45) is 0 Å². The third-order valence-electron chi connectivity index (χ3n) is 4.55. The van der Waals surface area contributed by atoms with Gasteiger partial charge in [0.25, 0.3) is 5.91 Å². The molecule has 1 aromatic heterocycles. The molecule has 3 heterocycles. The van der Waals surface area contributed by atoms with Gasteiger partial charge in [0.1, 0.15) is 5.76 Å². The molecule has 2 saturated heterocycles. The zero-order valence-electron chi connectivity index (χ0n) is 12.8. The predicted octanol–water partition coefficient (Wildman–Crippen LogP) is 0.787. The highest BCUT2D eigenvalue weighted by Crippen LogP contribution is 2.20. The molecule has 2 aliphatic heterocycles. The van der Waals surface area contributed by atoms with E-state index in [9.17, 15) is 13.2 Å². The fourth-order valence-corrected chi connectivity index (χ4v) is 4.95. The second kappa shape index (κ2) is 6.04. The molecule has 0 spiro atoms. The van der Waals surface area contributed by atoms with Crippen LogP contribution >= 0.6 is 0 Å². The van der Waals surface area contributed by atoms with E-state index in [0.29, 0.717) is 31.0 Å². The summed E-state index contributed by atoms with van der Waals surface area (Å²) in [6.45, 7) is 4.69. The predicted molar refractivity (Wildman–Crippen MR) is 82.6 cm³/mol. The van der Waals surface area contributed by atoms with E-state index in [4.69, 9.17) is 4.42 Å². The van der Waals surface area contributed by atoms with Gasteiger partial charge in [-0.25, -0.2) is 8.42 Å². The van der Waals surface area contributed by atoms with Crippen molar-refractivity contribution in [3.05, 3.63) is 23.7 Å². The molecule has 1 aromatic rings. The largest absolute Gasteiger partial charge is 0.456 e. The summed E-state index contributed by atoms with van der Waals surface area (Å²) >= 11 is 0. The number of aryl methyl sites for hydroxylation is 1. The summed E-state index contributed by atoms with van der Waals surface area (Å²) in [5.74, 6) is 1.70. The van der Waals surface area contributed by atoms with Gasteiger partial charge in [0.2, 0.25) is 0 Å². The third-order valence-corrected chi connectivity index (χ3v) is 6.30. The molecule has 0 N–H and O–H groups in total. The number of nitrogens with zero attached hydrogens (tertiary/aromatic N) is 2. The van der Waals surface area contributed by atoms with Gasteiger partial charge in [-0.2, -0.15) is 0 Å². The van der Waals surface area contributed by atoms with Crippen LogP contribution in [0.2, 0.25) is 0 Å². The molecule has 1 amide bonds. The van der Waals surface area contributed by atoms with E-state index in [2.05, 4.69) is 4.90 Å². The van der Waals surface area contributed by atoms with Crippen molar-refractivity contribution in [2.75, 3.05) is 37.7 Å². The molecule has 7 heteroatoms. The van der Waals surface area contributed by atoms with Crippen LogP contribution in [0.4, 0.5) is 0 Å². The van der Waals surface area contributed by atoms with Crippen LogP contribution in [0.15, 0.2) is 16.5 Å². The summed E-state index contributed by atoms with van der Waals surface area (Å²) in [5, 5.41) is 0. The van der Waals surface area contributed by atoms with E-state index in [-0.39, 0.29) is 17.7 Å². The van der Waals surface area contributed by atoms with E-state index in [1.54, 1.807) is 11.0 Å². The molecule has 6 nitrogen and oxygen atoms in total. The summed E-state index contributed by atoms with van der Waals surface area (Å²) in [6, 6.07) is 3.70. The molecule has 0 bridgehead atoms. The first-order valence-corrected chi connectivity index (χ1v) is 9.63. The van der Waals surface area contributed by atoms with Crippen LogP contribution < -0.4 is 0 Å². The van der Waals surface area contributed by atoms with Gasteiger partial charge in [-0.1, -0.05) is 6.92 Å². The maximum atomic E-state index is 12.4. The van der Waals surface area contributed by atoms with E-state index < -0.39 is 9.84 Å². The fourth-order valence-electron chi connectivity index (χ4n) is 3.19. The number of amides is 1. The normalized spacial score (nSPS) is 25.5. The molecule has 0 unspecified atom stereocenters. The molecule has 0 saturated carbocycles. The molecular weight excluding hydrogens is 304 g/mol. The molecule has 2 fully saturated rings. The summed E-state index contributed by atoms with van der Waals surface area (Å²) in [6.07, 6.45) is 1.49. The first kappa shape index (κ1) is 15.6. The first-order chi connectivity index (χ1) is 10.5. The molecule has 0 aromatic carbocycles. The highest BCUT2D eigenvalue weighted by molar-refractivity contribution is 7.91. The second-order valence-electron chi connectivity index (χ2n) is 6.00. The number of carbonyl (C=O) groups excluding carboxylic acids is 1. The number of rotatable bonds is 3. The molecule has 22 heavy (non-hydrogen) atoms. The lowest BCUT2D eigenvalue weighted by Crippen LogP contribution is -2.52. The zero-order chi connectivity index (χ0) is 15.7. The Kier molecular flexibility index (Phi) is 4.27. The summed E-state index contributed by atoms with van der Waals surface area (Å²) in [4.78, 5) is 16.4. The Hall–Kier alpha value is -1.34. The van der Waals surface area contributed by atoms with E-state index in [1.165, 1.54) is 0 Å². The first-order valence-electron chi connectivity index (χ1n) is 7.81. The van der Waals surface area contributed by atoms with Crippen LogP contribution in [0.25, 0.3) is 0 Å². The van der Waals surface area contributed by atoms with Gasteiger partial charge in [0.15, 0.2) is 15.6 Å². The van der Waals surface area contributed by atoms with Gasteiger partial charge in [-0.3, -0.25) is 9.69 Å². The SMILES string of the molecule is CCc1ccc(C(=O)N2CCN([C@H]3CCS(=O)(=O)C3)CC2)o1. The fraction of sp³-hybridized carbons (Fsp3) is 0.667. The highest BCUT2D eigenvalue weighted by atomic mass is 32.2. The van der Waals surface area contributed by atoms with Gasteiger partial charge in [0.05, 0.1) is 11.5 Å². The van der Waals surface area contributed by atoms with Gasteiger partial charge in [-0.05, 0) is 18.6 Å². The van der Waals surface area contributed by atoms with Gasteiger partial charge < -0.3 is 9.32 Å². The second-order valence-corrected chi connectivity index (χ2v) is 8.23. The standard InChI is InChI=1S/C15H22N2O4S/c1-2-13-3-4-14(21-13)15(18)17-8-6-16(7-9-17)12-5-10-22(19,20)11-12/h3-4,12H,2,5-11H2,1H3/t12-/m0/s1. The molecule has 1 atom stereocenters. The van der Waals surface area contributed by atoms with Crippen LogP contribution in [0.5, 0.6) is 0 Å². The number of hydrogen-bond donors (Lipinski definition) is 0. The molecule has 3 rings (SSSR count). The minimum atomic E-state index is -2.86. The number of carbonyl (C=O) groups is 1. The van der Waals surface area contributed by atoms with Gasteiger partial charge in [-0.15, -0.1) is 0 Å². The average molecular weight is 326 g/mol. The summed E-state index contributed by atoms with van der Waals surface area (Å²) < 4.78 is 28.7. The molecule has 2 aliphatic rings. The molecule has 122 valence electrons. The number of furan rings is 1. The molecule has 0 aliphatic carbocycles. The van der Waals surface area contributed by atoms with Crippen molar-refractivity contribution < 1.29 is 17.6 Å². The van der Waals surface area contributed by atoms with Crippen molar-refractivity contribution in [3.63, 3.8) is 0 Å². The Labute approximate surface area is 131 Å². The monoisotopic (exact) mass is 326 g/mol. The van der Waals surface area contributed by atoms with Crippen LogP contribution in [0.1, 0.15) is 29.7 Å². The Bertz CT molecular complexity index is 644. The van der Waals surface area contributed by atoms with Crippen molar-refractivity contribution in [1.82, 2.24) is 9.80 Å². The van der Waals surface area contributed by atoms with Crippen LogP contribution in [0.3, 0.4) is 0 Å². The topological polar surface area (TPSA) is 70.8 Å². The van der Waals surface area contributed by atoms with Crippen molar-refractivity contribution in [3.8, 4) is 0 Å². The number of sulfone groups is 1.